The molecule has 2 aliphatic rings. The highest BCUT2D eigenvalue weighted by atomic mass is 79.9. The van der Waals surface area contributed by atoms with Crippen LogP contribution in [0.1, 0.15) is 36.4 Å². The minimum Gasteiger partial charge on any atom is -0.329 e. The van der Waals surface area contributed by atoms with E-state index in [0.29, 0.717) is 12.1 Å². The van der Waals surface area contributed by atoms with E-state index in [9.17, 15) is 0 Å². The Balaban J connectivity index is 1.88. The molecule has 2 unspecified atom stereocenters. The lowest BCUT2D eigenvalue weighted by molar-refractivity contribution is 0.183. The third kappa shape index (κ3) is 2.05. The van der Waals surface area contributed by atoms with Gasteiger partial charge in [-0.3, -0.25) is 4.90 Å². The number of hydrogen-bond acceptors (Lipinski definition) is 2. The number of benzene rings is 1. The summed E-state index contributed by atoms with van der Waals surface area (Å²) in [5, 5.41) is 0. The summed E-state index contributed by atoms with van der Waals surface area (Å²) >= 11 is 3.56. The fourth-order valence-corrected chi connectivity index (χ4v) is 3.84. The van der Waals surface area contributed by atoms with Crippen molar-refractivity contribution in [1.29, 1.82) is 0 Å². The Kier molecular flexibility index (Phi) is 3.24. The van der Waals surface area contributed by atoms with E-state index in [1.807, 2.05) is 0 Å². The smallest absolute Gasteiger partial charge is 0.0357 e. The van der Waals surface area contributed by atoms with Gasteiger partial charge in [0.05, 0.1) is 0 Å². The fourth-order valence-electron chi connectivity index (χ4n) is 3.43. The molecular formula is C14H19BrN2. The second-order valence-corrected chi connectivity index (χ2v) is 6.08. The highest BCUT2D eigenvalue weighted by molar-refractivity contribution is 9.10. The largest absolute Gasteiger partial charge is 0.329 e. The standard InChI is InChI=1S/C14H19BrN2/c15-11-4-5-13-10(8-11)3-6-14(13)17-7-1-2-12(17)9-16/h4-5,8,12,14H,1-3,6-7,9,16H2. The van der Waals surface area contributed by atoms with Crippen molar-refractivity contribution in [2.45, 2.75) is 37.8 Å². The third-order valence-corrected chi connectivity index (χ3v) is 4.74. The zero-order valence-corrected chi connectivity index (χ0v) is 11.6. The second kappa shape index (κ2) is 4.71. The number of halogens is 1. The van der Waals surface area contributed by atoms with Crippen molar-refractivity contribution in [2.24, 2.45) is 5.73 Å². The highest BCUT2D eigenvalue weighted by Gasteiger charge is 2.34. The summed E-state index contributed by atoms with van der Waals surface area (Å²) in [6.45, 7) is 2.03. The number of nitrogens with zero attached hydrogens (tertiary/aromatic N) is 1. The molecule has 17 heavy (non-hydrogen) atoms. The SMILES string of the molecule is NCC1CCCN1C1CCc2cc(Br)ccc21. The lowest BCUT2D eigenvalue weighted by Gasteiger charge is -2.30. The maximum absolute atomic E-state index is 5.89. The molecule has 2 N–H and O–H groups in total. The number of rotatable bonds is 2. The lowest BCUT2D eigenvalue weighted by atomic mass is 10.1. The first-order chi connectivity index (χ1) is 8.29. The molecule has 3 heteroatoms. The Morgan fingerprint density at radius 2 is 2.24 bits per heavy atom. The van der Waals surface area contributed by atoms with Crippen molar-refractivity contribution in [3.8, 4) is 0 Å². The molecule has 2 atom stereocenters. The summed E-state index contributed by atoms with van der Waals surface area (Å²) in [5.41, 5.74) is 8.94. The van der Waals surface area contributed by atoms with Crippen LogP contribution in [0.5, 0.6) is 0 Å². The summed E-state index contributed by atoms with van der Waals surface area (Å²) in [6, 6.07) is 7.97. The minimum atomic E-state index is 0.606. The van der Waals surface area contributed by atoms with E-state index in [-0.39, 0.29) is 0 Å². The van der Waals surface area contributed by atoms with Gasteiger partial charge in [-0.2, -0.15) is 0 Å². The second-order valence-electron chi connectivity index (χ2n) is 5.17. The molecule has 1 aromatic carbocycles. The van der Waals surface area contributed by atoms with Gasteiger partial charge in [-0.25, -0.2) is 0 Å². The Bertz CT molecular complexity index is 419. The van der Waals surface area contributed by atoms with Crippen LogP contribution in [0, 0.1) is 0 Å². The van der Waals surface area contributed by atoms with Crippen LogP contribution in [-0.4, -0.2) is 24.0 Å². The summed E-state index contributed by atoms with van der Waals surface area (Å²) in [4.78, 5) is 2.64. The van der Waals surface area contributed by atoms with Crippen molar-refractivity contribution in [3.63, 3.8) is 0 Å². The van der Waals surface area contributed by atoms with Crippen LogP contribution in [0.15, 0.2) is 22.7 Å². The quantitative estimate of drug-likeness (QED) is 0.909. The maximum Gasteiger partial charge on any atom is 0.0357 e. The number of likely N-dealkylation sites (tertiary alicyclic amines) is 1. The molecular weight excluding hydrogens is 276 g/mol. The zero-order chi connectivity index (χ0) is 11.8. The van der Waals surface area contributed by atoms with Crippen LogP contribution < -0.4 is 5.73 Å². The minimum absolute atomic E-state index is 0.606. The molecule has 0 spiro atoms. The Morgan fingerprint density at radius 3 is 3.06 bits per heavy atom. The summed E-state index contributed by atoms with van der Waals surface area (Å²) < 4.78 is 1.20. The van der Waals surface area contributed by atoms with Gasteiger partial charge in [-0.1, -0.05) is 22.0 Å². The summed E-state index contributed by atoms with van der Waals surface area (Å²) in [6.07, 6.45) is 5.07. The van der Waals surface area contributed by atoms with Crippen LogP contribution in [0.4, 0.5) is 0 Å². The van der Waals surface area contributed by atoms with Crippen molar-refractivity contribution < 1.29 is 0 Å². The zero-order valence-electron chi connectivity index (χ0n) is 10.0. The Morgan fingerprint density at radius 1 is 1.35 bits per heavy atom. The van der Waals surface area contributed by atoms with Crippen molar-refractivity contribution in [2.75, 3.05) is 13.1 Å². The topological polar surface area (TPSA) is 29.3 Å². The van der Waals surface area contributed by atoms with E-state index in [2.05, 4.69) is 39.0 Å². The first-order valence-electron chi connectivity index (χ1n) is 6.53. The summed E-state index contributed by atoms with van der Waals surface area (Å²) in [7, 11) is 0. The highest BCUT2D eigenvalue weighted by Crippen LogP contribution is 2.40. The fraction of sp³-hybridized carbons (Fsp3) is 0.571. The molecule has 1 fully saturated rings. The third-order valence-electron chi connectivity index (χ3n) is 4.25. The lowest BCUT2D eigenvalue weighted by Crippen LogP contribution is -2.37. The molecule has 92 valence electrons. The predicted octanol–water partition coefficient (Wildman–Crippen LogP) is 2.86. The first-order valence-corrected chi connectivity index (χ1v) is 7.33. The van der Waals surface area contributed by atoms with Crippen LogP contribution in [0.3, 0.4) is 0 Å². The van der Waals surface area contributed by atoms with Crippen LogP contribution in [0.2, 0.25) is 0 Å². The van der Waals surface area contributed by atoms with Crippen molar-refractivity contribution in [1.82, 2.24) is 4.90 Å². The Hall–Kier alpha value is -0.380. The summed E-state index contributed by atoms with van der Waals surface area (Å²) in [5.74, 6) is 0. The van der Waals surface area contributed by atoms with Gasteiger partial charge < -0.3 is 5.73 Å². The molecule has 1 aromatic rings. The number of hydrogen-bond donors (Lipinski definition) is 1. The van der Waals surface area contributed by atoms with E-state index in [1.54, 1.807) is 0 Å². The van der Waals surface area contributed by atoms with Crippen LogP contribution in [0.25, 0.3) is 0 Å². The Labute approximate surface area is 111 Å². The monoisotopic (exact) mass is 294 g/mol. The molecule has 0 saturated carbocycles. The van der Waals surface area contributed by atoms with Crippen LogP contribution >= 0.6 is 15.9 Å². The van der Waals surface area contributed by atoms with E-state index in [4.69, 9.17) is 5.73 Å². The van der Waals surface area contributed by atoms with Gasteiger partial charge in [-0.15, -0.1) is 0 Å². The average molecular weight is 295 g/mol. The van der Waals surface area contributed by atoms with Gasteiger partial charge in [0.1, 0.15) is 0 Å². The number of aryl methyl sites for hydroxylation is 1. The molecule has 1 aliphatic heterocycles. The van der Waals surface area contributed by atoms with Gasteiger partial charge in [-0.05, 0) is 55.5 Å². The van der Waals surface area contributed by atoms with E-state index in [0.717, 1.165) is 6.54 Å². The maximum atomic E-state index is 5.89. The average Bonchev–Trinajstić information content (AvgIpc) is 2.92. The first kappa shape index (κ1) is 11.7. The van der Waals surface area contributed by atoms with Gasteiger partial charge >= 0.3 is 0 Å². The van der Waals surface area contributed by atoms with E-state index < -0.39 is 0 Å². The predicted molar refractivity (Wildman–Crippen MR) is 74.0 cm³/mol. The number of fused-ring (bicyclic) bond motifs is 1. The molecule has 0 radical (unpaired) electrons. The van der Waals surface area contributed by atoms with Crippen molar-refractivity contribution in [3.05, 3.63) is 33.8 Å². The molecule has 3 rings (SSSR count). The molecule has 0 bridgehead atoms. The molecule has 1 heterocycles. The van der Waals surface area contributed by atoms with Gasteiger partial charge in [0, 0.05) is 23.1 Å². The molecule has 1 aliphatic carbocycles. The number of nitrogens with two attached hydrogens (primary N) is 1. The normalized spacial score (nSPS) is 28.6. The van der Waals surface area contributed by atoms with Crippen LogP contribution in [-0.2, 0) is 6.42 Å². The molecule has 2 nitrogen and oxygen atoms in total. The molecule has 0 amide bonds. The van der Waals surface area contributed by atoms with E-state index >= 15 is 0 Å². The van der Waals surface area contributed by atoms with Gasteiger partial charge in [0.25, 0.3) is 0 Å². The van der Waals surface area contributed by atoms with Gasteiger partial charge in [0.2, 0.25) is 0 Å². The van der Waals surface area contributed by atoms with Gasteiger partial charge in [0.15, 0.2) is 0 Å². The molecule has 1 saturated heterocycles. The molecule has 0 aromatic heterocycles. The van der Waals surface area contributed by atoms with Crippen molar-refractivity contribution >= 4 is 15.9 Å². The van der Waals surface area contributed by atoms with E-state index in [1.165, 1.54) is 47.8 Å².